The third-order valence-corrected chi connectivity index (χ3v) is 3.27. The topological polar surface area (TPSA) is 42.8 Å². The quantitative estimate of drug-likeness (QED) is 0.827. The van der Waals surface area contributed by atoms with Crippen LogP contribution in [-0.2, 0) is 11.2 Å². The summed E-state index contributed by atoms with van der Waals surface area (Å²) in [5, 5.41) is 7.17. The van der Waals surface area contributed by atoms with Gasteiger partial charge in [0.1, 0.15) is 5.82 Å². The molecule has 1 saturated heterocycles. The number of H-pyrrole nitrogens is 1. The number of rotatable bonds is 3. The molecule has 0 aromatic carbocycles. The Labute approximate surface area is 101 Å². The third kappa shape index (κ3) is 2.52. The van der Waals surface area contributed by atoms with E-state index in [1.165, 1.54) is 12.8 Å². The van der Waals surface area contributed by atoms with E-state index in [-0.39, 0.29) is 0 Å². The Balaban J connectivity index is 2.11. The minimum atomic E-state index is 0.316. The molecule has 1 aliphatic rings. The SMILES string of the molecule is CC(C)n1c(CC2CCCCO2)n[nH]c1=S. The van der Waals surface area contributed by atoms with Crippen molar-refractivity contribution in [1.82, 2.24) is 14.8 Å². The summed E-state index contributed by atoms with van der Waals surface area (Å²) in [6.07, 6.45) is 4.77. The van der Waals surface area contributed by atoms with Crippen molar-refractivity contribution in [3.63, 3.8) is 0 Å². The molecule has 5 heteroatoms. The Morgan fingerprint density at radius 2 is 2.38 bits per heavy atom. The molecule has 0 radical (unpaired) electrons. The first-order chi connectivity index (χ1) is 7.68. The van der Waals surface area contributed by atoms with E-state index in [2.05, 4.69) is 28.6 Å². The lowest BCUT2D eigenvalue weighted by Crippen LogP contribution is -2.23. The number of nitrogens with zero attached hydrogens (tertiary/aromatic N) is 2. The van der Waals surface area contributed by atoms with Crippen LogP contribution in [0.1, 0.15) is 45.0 Å². The Hall–Kier alpha value is -0.680. The molecule has 16 heavy (non-hydrogen) atoms. The van der Waals surface area contributed by atoms with Crippen molar-refractivity contribution in [2.75, 3.05) is 6.61 Å². The van der Waals surface area contributed by atoms with Crippen LogP contribution in [0.4, 0.5) is 0 Å². The summed E-state index contributed by atoms with van der Waals surface area (Å²) in [5.41, 5.74) is 0. The molecule has 1 aliphatic heterocycles. The van der Waals surface area contributed by atoms with Crippen molar-refractivity contribution in [2.45, 2.75) is 51.7 Å². The molecule has 2 rings (SSSR count). The standard InChI is InChI=1S/C11H19N3OS/c1-8(2)14-10(12-13-11(14)16)7-9-5-3-4-6-15-9/h8-9H,3-7H2,1-2H3,(H,13,16). The zero-order valence-electron chi connectivity index (χ0n) is 9.90. The largest absolute Gasteiger partial charge is 0.378 e. The molecular formula is C11H19N3OS. The van der Waals surface area contributed by atoms with Gasteiger partial charge in [-0.1, -0.05) is 0 Å². The van der Waals surface area contributed by atoms with Gasteiger partial charge in [-0.2, -0.15) is 5.10 Å². The van der Waals surface area contributed by atoms with Gasteiger partial charge in [-0.15, -0.1) is 0 Å². The molecule has 1 atom stereocenters. The highest BCUT2D eigenvalue weighted by Crippen LogP contribution is 2.18. The number of hydrogen-bond donors (Lipinski definition) is 1. The van der Waals surface area contributed by atoms with Gasteiger partial charge in [0, 0.05) is 19.1 Å². The van der Waals surface area contributed by atoms with Crippen LogP contribution in [0.5, 0.6) is 0 Å². The van der Waals surface area contributed by atoms with Crippen molar-refractivity contribution >= 4 is 12.2 Å². The second-order valence-corrected chi connectivity index (χ2v) is 4.99. The van der Waals surface area contributed by atoms with Gasteiger partial charge < -0.3 is 9.30 Å². The molecule has 1 unspecified atom stereocenters. The molecule has 1 aromatic heterocycles. The first-order valence-electron chi connectivity index (χ1n) is 5.96. The molecule has 1 fully saturated rings. The van der Waals surface area contributed by atoms with Crippen molar-refractivity contribution in [3.05, 3.63) is 10.6 Å². The molecule has 0 saturated carbocycles. The number of nitrogens with one attached hydrogen (secondary N) is 1. The summed E-state index contributed by atoms with van der Waals surface area (Å²) >= 11 is 5.22. The molecule has 0 spiro atoms. The van der Waals surface area contributed by atoms with Gasteiger partial charge in [-0.05, 0) is 45.3 Å². The number of ether oxygens (including phenoxy) is 1. The van der Waals surface area contributed by atoms with Crippen LogP contribution in [0.3, 0.4) is 0 Å². The fourth-order valence-corrected chi connectivity index (χ4v) is 2.55. The number of hydrogen-bond acceptors (Lipinski definition) is 3. The first kappa shape index (κ1) is 11.8. The molecule has 0 aliphatic carbocycles. The molecule has 4 nitrogen and oxygen atoms in total. The lowest BCUT2D eigenvalue weighted by Gasteiger charge is -2.22. The second kappa shape index (κ2) is 5.10. The first-order valence-corrected chi connectivity index (χ1v) is 6.36. The second-order valence-electron chi connectivity index (χ2n) is 4.60. The van der Waals surface area contributed by atoms with E-state index in [9.17, 15) is 0 Å². The van der Waals surface area contributed by atoms with E-state index in [0.717, 1.165) is 25.3 Å². The Morgan fingerprint density at radius 3 is 3.00 bits per heavy atom. The Bertz CT molecular complexity index is 390. The van der Waals surface area contributed by atoms with Gasteiger partial charge in [-0.25, -0.2) is 0 Å². The average Bonchev–Trinajstić information content (AvgIpc) is 2.61. The third-order valence-electron chi connectivity index (χ3n) is 2.98. The van der Waals surface area contributed by atoms with Crippen LogP contribution in [0.15, 0.2) is 0 Å². The highest BCUT2D eigenvalue weighted by molar-refractivity contribution is 7.71. The molecule has 2 heterocycles. The van der Waals surface area contributed by atoms with Crippen LogP contribution >= 0.6 is 12.2 Å². The summed E-state index contributed by atoms with van der Waals surface area (Å²) in [6, 6.07) is 0.352. The van der Waals surface area contributed by atoms with Crippen molar-refractivity contribution < 1.29 is 4.74 Å². The van der Waals surface area contributed by atoms with E-state index in [1.807, 2.05) is 0 Å². The minimum Gasteiger partial charge on any atom is -0.378 e. The molecule has 0 bridgehead atoms. The van der Waals surface area contributed by atoms with Gasteiger partial charge in [0.2, 0.25) is 0 Å². The maximum Gasteiger partial charge on any atom is 0.195 e. The van der Waals surface area contributed by atoms with Gasteiger partial charge in [0.15, 0.2) is 4.77 Å². The van der Waals surface area contributed by atoms with Gasteiger partial charge in [-0.3, -0.25) is 5.10 Å². The lowest BCUT2D eigenvalue weighted by molar-refractivity contribution is 0.0150. The van der Waals surface area contributed by atoms with E-state index in [0.29, 0.717) is 16.9 Å². The summed E-state index contributed by atoms with van der Waals surface area (Å²) in [7, 11) is 0. The summed E-state index contributed by atoms with van der Waals surface area (Å²) < 4.78 is 8.51. The van der Waals surface area contributed by atoms with Gasteiger partial charge >= 0.3 is 0 Å². The van der Waals surface area contributed by atoms with Crippen LogP contribution in [0.25, 0.3) is 0 Å². The predicted octanol–water partition coefficient (Wildman–Crippen LogP) is 2.63. The van der Waals surface area contributed by atoms with Crippen LogP contribution in [-0.4, -0.2) is 27.5 Å². The number of aromatic amines is 1. The minimum absolute atomic E-state index is 0.316. The van der Waals surface area contributed by atoms with E-state index < -0.39 is 0 Å². The molecule has 90 valence electrons. The average molecular weight is 241 g/mol. The van der Waals surface area contributed by atoms with Crippen LogP contribution < -0.4 is 0 Å². The van der Waals surface area contributed by atoms with E-state index in [1.54, 1.807) is 0 Å². The highest BCUT2D eigenvalue weighted by atomic mass is 32.1. The van der Waals surface area contributed by atoms with Crippen LogP contribution in [0.2, 0.25) is 0 Å². The summed E-state index contributed by atoms with van der Waals surface area (Å²) in [4.78, 5) is 0. The van der Waals surface area contributed by atoms with Gasteiger partial charge in [0.05, 0.1) is 6.10 Å². The lowest BCUT2D eigenvalue weighted by atomic mass is 10.1. The Kier molecular flexibility index (Phi) is 3.76. The normalized spacial score (nSPS) is 21.6. The van der Waals surface area contributed by atoms with Crippen molar-refractivity contribution in [1.29, 1.82) is 0 Å². The monoisotopic (exact) mass is 241 g/mol. The zero-order chi connectivity index (χ0) is 11.5. The number of aromatic nitrogens is 3. The highest BCUT2D eigenvalue weighted by Gasteiger charge is 2.18. The molecule has 1 aromatic rings. The fourth-order valence-electron chi connectivity index (χ4n) is 2.19. The van der Waals surface area contributed by atoms with Crippen molar-refractivity contribution in [2.24, 2.45) is 0 Å². The smallest absolute Gasteiger partial charge is 0.195 e. The van der Waals surface area contributed by atoms with Crippen molar-refractivity contribution in [3.8, 4) is 0 Å². The Morgan fingerprint density at radius 1 is 1.56 bits per heavy atom. The van der Waals surface area contributed by atoms with E-state index in [4.69, 9.17) is 17.0 Å². The summed E-state index contributed by atoms with van der Waals surface area (Å²) in [5.74, 6) is 1.02. The summed E-state index contributed by atoms with van der Waals surface area (Å²) in [6.45, 7) is 5.13. The zero-order valence-corrected chi connectivity index (χ0v) is 10.7. The van der Waals surface area contributed by atoms with Crippen LogP contribution in [0, 0.1) is 4.77 Å². The molecular weight excluding hydrogens is 222 g/mol. The maximum absolute atomic E-state index is 5.72. The van der Waals surface area contributed by atoms with E-state index >= 15 is 0 Å². The molecule has 1 N–H and O–H groups in total. The predicted molar refractivity (Wildman–Crippen MR) is 65.1 cm³/mol. The molecule has 0 amide bonds. The fraction of sp³-hybridized carbons (Fsp3) is 0.818. The van der Waals surface area contributed by atoms with Gasteiger partial charge in [0.25, 0.3) is 0 Å². The maximum atomic E-state index is 5.72.